The zero-order valence-corrected chi connectivity index (χ0v) is 31.0. The fourth-order valence-corrected chi connectivity index (χ4v) is 8.38. The number of fused-ring (bicyclic) bond motifs is 3. The first kappa shape index (κ1) is 30.9. The molecule has 0 radical (unpaired) electrons. The van der Waals surface area contributed by atoms with Crippen LogP contribution in [0.25, 0.3) is 0 Å². The molecule has 1 heterocycles. The number of aromatic hydroxyl groups is 3. The summed E-state index contributed by atoms with van der Waals surface area (Å²) in [5.74, 6) is 0.302. The molecule has 4 nitrogen and oxygen atoms in total. The Balaban J connectivity index is 0.000000193. The van der Waals surface area contributed by atoms with Crippen LogP contribution in [-0.2, 0) is 25.7 Å². The average Bonchev–Trinajstić information content (AvgIpc) is 3.16. The van der Waals surface area contributed by atoms with Crippen molar-refractivity contribution in [3.05, 3.63) is 154 Å². The van der Waals surface area contributed by atoms with Gasteiger partial charge in [-0.25, -0.2) is 0 Å². The third-order valence-corrected chi connectivity index (χ3v) is 11.2. The van der Waals surface area contributed by atoms with Gasteiger partial charge >= 0.3 is 0 Å². The van der Waals surface area contributed by atoms with Crippen LogP contribution in [0.2, 0.25) is 0 Å². The quantitative estimate of drug-likeness (QED) is 0.160. The van der Waals surface area contributed by atoms with E-state index in [2.05, 4.69) is 43.3 Å². The standard InChI is InChI=1S/2C24H28O2/c1-16-9-12-20-19(13-16)23-21(25)14-18(15-22(23)26-24(20,2)3)11-10-17-7-5-4-6-8-17;1-16(2)20-12-9-17(3)13-21(20)24-22(25)14-19(15-23(24)26)11-10-18-7-5-4-6-8-18/h4-8,13-15,19-20,25H,9-12H2,1-3H3;4-8,13-15,20-21,25-26H,1,9-12H2,2-3H3/t19-,20-;20-,21+/m10/s1/i2D3;1D2/t19-,20-,24?;m. The second-order valence-electron chi connectivity index (χ2n) is 15.3. The first-order chi connectivity index (χ1) is 27.1. The third kappa shape index (κ3) is 8.49. The molecule has 7 rings (SSSR count). The van der Waals surface area contributed by atoms with E-state index >= 15 is 0 Å². The van der Waals surface area contributed by atoms with Crippen LogP contribution in [0.3, 0.4) is 0 Å². The van der Waals surface area contributed by atoms with Gasteiger partial charge in [0.05, 0.1) is 2.74 Å². The van der Waals surface area contributed by atoms with Gasteiger partial charge in [-0.2, -0.15) is 0 Å². The third-order valence-electron chi connectivity index (χ3n) is 11.2. The molecule has 272 valence electrons. The van der Waals surface area contributed by atoms with Crippen molar-refractivity contribution in [2.24, 2.45) is 11.8 Å². The Kier molecular flexibility index (Phi) is 9.44. The maximum Gasteiger partial charge on any atom is 0.127 e. The summed E-state index contributed by atoms with van der Waals surface area (Å²) in [4.78, 5) is 0. The van der Waals surface area contributed by atoms with E-state index in [0.717, 1.165) is 68.1 Å². The topological polar surface area (TPSA) is 69.9 Å². The first-order valence-corrected chi connectivity index (χ1v) is 18.7. The molecule has 5 atom stereocenters. The van der Waals surface area contributed by atoms with Crippen molar-refractivity contribution in [3.63, 3.8) is 0 Å². The number of phenolic OH excluding ortho intramolecular Hbond substituents is 3. The summed E-state index contributed by atoms with van der Waals surface area (Å²) in [5, 5.41) is 32.4. The molecule has 4 heteroatoms. The average molecular weight is 702 g/mol. The van der Waals surface area contributed by atoms with Crippen molar-refractivity contribution in [3.8, 4) is 23.0 Å². The number of ether oxygens (including phenoxy) is 1. The van der Waals surface area contributed by atoms with Crippen LogP contribution in [0.15, 0.2) is 120 Å². The van der Waals surface area contributed by atoms with E-state index in [1.165, 1.54) is 22.3 Å². The maximum atomic E-state index is 10.9. The second kappa shape index (κ2) is 15.9. The normalized spacial score (nSPS) is 25.0. The lowest BCUT2D eigenvalue weighted by molar-refractivity contribution is 0.0107. The van der Waals surface area contributed by atoms with Crippen molar-refractivity contribution >= 4 is 0 Å². The minimum absolute atomic E-state index is 0.0549. The number of allylic oxidation sites excluding steroid dienone is 5. The zero-order valence-electron chi connectivity index (χ0n) is 36.0. The first-order valence-electron chi connectivity index (χ1n) is 21.2. The summed E-state index contributed by atoms with van der Waals surface area (Å²) in [6, 6.07) is 27.6. The lowest BCUT2D eigenvalue weighted by atomic mass is 9.68. The van der Waals surface area contributed by atoms with E-state index in [9.17, 15) is 15.3 Å². The maximum absolute atomic E-state index is 10.9. The molecule has 1 aliphatic heterocycles. The molecule has 0 amide bonds. The minimum atomic E-state index is -2.25. The number of rotatable bonds is 8. The highest BCUT2D eigenvalue weighted by Crippen LogP contribution is 2.53. The summed E-state index contributed by atoms with van der Waals surface area (Å²) in [6.07, 6.45) is 10.7. The Morgan fingerprint density at radius 1 is 0.731 bits per heavy atom. The fourth-order valence-electron chi connectivity index (χ4n) is 8.38. The summed E-state index contributed by atoms with van der Waals surface area (Å²) in [5.41, 5.74) is 7.40. The molecular formula is C48H56O4. The number of phenols is 3. The van der Waals surface area contributed by atoms with E-state index in [-0.39, 0.29) is 47.5 Å². The molecule has 0 aromatic heterocycles. The summed E-state index contributed by atoms with van der Waals surface area (Å²) in [7, 11) is 0. The molecule has 0 saturated heterocycles. The number of hydrogen-bond acceptors (Lipinski definition) is 4. The summed E-state index contributed by atoms with van der Waals surface area (Å²) in [6.45, 7) is 5.21. The molecule has 0 spiro atoms. The van der Waals surface area contributed by atoms with Gasteiger partial charge in [0.25, 0.3) is 0 Å². The van der Waals surface area contributed by atoms with Crippen molar-refractivity contribution in [2.45, 2.75) is 103 Å². The van der Waals surface area contributed by atoms with Gasteiger partial charge in [-0.05, 0) is 138 Å². The van der Waals surface area contributed by atoms with Crippen LogP contribution in [0.5, 0.6) is 23.0 Å². The molecule has 4 aromatic carbocycles. The zero-order chi connectivity index (χ0) is 41.1. The van der Waals surface area contributed by atoms with E-state index in [1.54, 1.807) is 19.1 Å². The summed E-state index contributed by atoms with van der Waals surface area (Å²) >= 11 is 0. The molecule has 3 aliphatic rings. The molecule has 0 saturated carbocycles. The van der Waals surface area contributed by atoms with Gasteiger partial charge < -0.3 is 20.1 Å². The molecule has 0 bridgehead atoms. The van der Waals surface area contributed by atoms with Crippen LogP contribution in [-0.4, -0.2) is 20.9 Å². The van der Waals surface area contributed by atoms with Crippen LogP contribution >= 0.6 is 0 Å². The van der Waals surface area contributed by atoms with Crippen molar-refractivity contribution in [1.29, 1.82) is 0 Å². The highest BCUT2D eigenvalue weighted by Gasteiger charge is 2.45. The molecule has 4 aromatic rings. The van der Waals surface area contributed by atoms with Gasteiger partial charge in [0.1, 0.15) is 28.6 Å². The Morgan fingerprint density at radius 3 is 1.79 bits per heavy atom. The number of hydrogen-bond donors (Lipinski definition) is 3. The molecule has 3 N–H and O–H groups in total. The SMILES string of the molecule is [2H]C([2H])([2H])C1(C)Oc2cc(CCc3ccccc3)cc(O)c2[C@@H]2C=C(C)CC[C@H]21.[2H]C([2H])=C(C)[C@@H]1CCC(C)=C[C@H]1c1c(O)cc(CCc2ccccc2)cc1O. The number of aryl methyl sites for hydroxylation is 4. The van der Waals surface area contributed by atoms with Gasteiger partial charge in [-0.3, -0.25) is 0 Å². The van der Waals surface area contributed by atoms with E-state index < -0.39 is 12.5 Å². The highest BCUT2D eigenvalue weighted by atomic mass is 16.5. The molecule has 1 unspecified atom stereocenters. The van der Waals surface area contributed by atoms with Crippen molar-refractivity contribution in [1.82, 2.24) is 0 Å². The van der Waals surface area contributed by atoms with Gasteiger partial charge in [0, 0.05) is 33.0 Å². The molecule has 52 heavy (non-hydrogen) atoms. The van der Waals surface area contributed by atoms with E-state index in [0.29, 0.717) is 16.9 Å². The Bertz CT molecular complexity index is 2110. The Labute approximate surface area is 318 Å². The van der Waals surface area contributed by atoms with Crippen LogP contribution < -0.4 is 4.74 Å². The van der Waals surface area contributed by atoms with Gasteiger partial charge in [-0.15, -0.1) is 0 Å². The van der Waals surface area contributed by atoms with Crippen molar-refractivity contribution in [2.75, 3.05) is 0 Å². The van der Waals surface area contributed by atoms with Gasteiger partial charge in [0.15, 0.2) is 0 Å². The predicted molar refractivity (Wildman–Crippen MR) is 214 cm³/mol. The van der Waals surface area contributed by atoms with Crippen LogP contribution in [0.4, 0.5) is 0 Å². The molecule has 2 aliphatic carbocycles. The van der Waals surface area contributed by atoms with Gasteiger partial charge in [-0.1, -0.05) is 96.1 Å². The summed E-state index contributed by atoms with van der Waals surface area (Å²) < 4.78 is 46.1. The van der Waals surface area contributed by atoms with Crippen LogP contribution in [0, 0.1) is 11.8 Å². The highest BCUT2D eigenvalue weighted by molar-refractivity contribution is 5.54. The second-order valence-corrected chi connectivity index (χ2v) is 15.3. The Hall–Kier alpha value is -4.70. The lowest BCUT2D eigenvalue weighted by Crippen LogP contribution is -2.45. The minimum Gasteiger partial charge on any atom is -0.507 e. The smallest absolute Gasteiger partial charge is 0.127 e. The lowest BCUT2D eigenvalue weighted by Gasteiger charge is -2.46. The Morgan fingerprint density at radius 2 is 1.23 bits per heavy atom. The molecular weight excluding hydrogens is 641 g/mol. The van der Waals surface area contributed by atoms with Crippen LogP contribution in [0.1, 0.15) is 112 Å². The fraction of sp³-hybridized carbons (Fsp3) is 0.375. The monoisotopic (exact) mass is 701 g/mol. The largest absolute Gasteiger partial charge is 0.507 e. The van der Waals surface area contributed by atoms with E-state index in [1.807, 2.05) is 62.4 Å². The number of benzene rings is 4. The molecule has 0 fully saturated rings. The van der Waals surface area contributed by atoms with Crippen molar-refractivity contribution < 1.29 is 26.9 Å². The van der Waals surface area contributed by atoms with E-state index in [4.69, 9.17) is 11.6 Å². The predicted octanol–water partition coefficient (Wildman–Crippen LogP) is 11.7. The van der Waals surface area contributed by atoms with Gasteiger partial charge in [0.2, 0.25) is 0 Å².